The normalized spacial score (nSPS) is 16.5. The zero-order valence-corrected chi connectivity index (χ0v) is 18.5. The molecular weight excluding hydrogens is 410 g/mol. The number of carbonyl (C=O) groups excluding carboxylic acids is 1. The molecule has 1 aliphatic rings. The van der Waals surface area contributed by atoms with Crippen molar-refractivity contribution in [3.05, 3.63) is 72.3 Å². The van der Waals surface area contributed by atoms with Crippen molar-refractivity contribution in [1.29, 1.82) is 0 Å². The van der Waals surface area contributed by atoms with Crippen molar-refractivity contribution in [2.45, 2.75) is 36.6 Å². The second-order valence-corrected chi connectivity index (χ2v) is 9.98. The highest BCUT2D eigenvalue weighted by Gasteiger charge is 2.32. The Morgan fingerprint density at radius 2 is 1.77 bits per heavy atom. The molecule has 0 bridgehead atoms. The van der Waals surface area contributed by atoms with E-state index in [0.29, 0.717) is 24.3 Å². The zero-order valence-electron chi connectivity index (χ0n) is 17.7. The summed E-state index contributed by atoms with van der Waals surface area (Å²) < 4.78 is 31.2. The second kappa shape index (κ2) is 9.10. The summed E-state index contributed by atoms with van der Waals surface area (Å²) in [5.41, 5.74) is 1.02. The second-order valence-electron chi connectivity index (χ2n) is 7.95. The van der Waals surface area contributed by atoms with Crippen molar-refractivity contribution in [2.75, 3.05) is 19.4 Å². The smallest absolute Gasteiger partial charge is 0.223 e. The Morgan fingerprint density at radius 3 is 2.55 bits per heavy atom. The average Bonchev–Trinajstić information content (AvgIpc) is 3.25. The van der Waals surface area contributed by atoms with Gasteiger partial charge >= 0.3 is 0 Å². The van der Waals surface area contributed by atoms with E-state index in [0.717, 1.165) is 34.9 Å². The third-order valence-electron chi connectivity index (χ3n) is 6.02. The van der Waals surface area contributed by atoms with Crippen molar-refractivity contribution in [3.63, 3.8) is 0 Å². The summed E-state index contributed by atoms with van der Waals surface area (Å²) in [6.45, 7) is 0.612. The molecule has 1 unspecified atom stereocenters. The van der Waals surface area contributed by atoms with Crippen LogP contribution in [0.5, 0.6) is 5.75 Å². The highest BCUT2D eigenvalue weighted by atomic mass is 32.2. The van der Waals surface area contributed by atoms with Crippen LogP contribution in [0.15, 0.2) is 71.6 Å². The van der Waals surface area contributed by atoms with Gasteiger partial charge in [-0.15, -0.1) is 0 Å². The first-order valence-corrected chi connectivity index (χ1v) is 12.3. The number of methoxy groups -OCH3 is 1. The van der Waals surface area contributed by atoms with Crippen molar-refractivity contribution < 1.29 is 17.9 Å². The van der Waals surface area contributed by atoms with Gasteiger partial charge in [0.25, 0.3) is 0 Å². The van der Waals surface area contributed by atoms with Gasteiger partial charge in [0, 0.05) is 24.6 Å². The van der Waals surface area contributed by atoms with E-state index in [2.05, 4.69) is 0 Å². The minimum absolute atomic E-state index is 0.000693. The number of aryl methyl sites for hydroxylation is 1. The zero-order chi connectivity index (χ0) is 21.8. The molecule has 3 aromatic carbocycles. The first-order chi connectivity index (χ1) is 15.0. The van der Waals surface area contributed by atoms with Crippen LogP contribution in [-0.2, 0) is 21.1 Å². The maximum atomic E-state index is 13.1. The molecule has 3 aromatic rings. The van der Waals surface area contributed by atoms with Gasteiger partial charge in [-0.25, -0.2) is 8.42 Å². The molecule has 0 spiro atoms. The molecule has 1 saturated heterocycles. The number of ether oxygens (including phenoxy) is 1. The first kappa shape index (κ1) is 21.4. The molecule has 5 nitrogen and oxygen atoms in total. The van der Waals surface area contributed by atoms with E-state index in [4.69, 9.17) is 4.74 Å². The summed E-state index contributed by atoms with van der Waals surface area (Å²) in [6, 6.07) is 20.2. The molecule has 0 saturated carbocycles. The molecular formula is C25H27NO4S. The average molecular weight is 438 g/mol. The lowest BCUT2D eigenvalue weighted by atomic mass is 9.99. The first-order valence-electron chi connectivity index (χ1n) is 10.6. The van der Waals surface area contributed by atoms with Gasteiger partial charge < -0.3 is 9.64 Å². The van der Waals surface area contributed by atoms with Crippen LogP contribution in [-0.4, -0.2) is 44.7 Å². The summed E-state index contributed by atoms with van der Waals surface area (Å²) in [5, 5.41) is 2.19. The van der Waals surface area contributed by atoms with Crippen LogP contribution in [0.3, 0.4) is 0 Å². The summed E-state index contributed by atoms with van der Waals surface area (Å²) >= 11 is 0. The van der Waals surface area contributed by atoms with Crippen LogP contribution in [0, 0.1) is 0 Å². The molecule has 31 heavy (non-hydrogen) atoms. The number of carbonyl (C=O) groups is 1. The Kier molecular flexibility index (Phi) is 6.28. The number of sulfone groups is 1. The third-order valence-corrected chi connectivity index (χ3v) is 7.83. The SMILES string of the molecule is COc1ccc2ccccc2c1CCC(=O)N1CCCC1CS(=O)(=O)c1ccccc1. The minimum Gasteiger partial charge on any atom is -0.496 e. The number of amides is 1. The highest BCUT2D eigenvalue weighted by Crippen LogP contribution is 2.30. The predicted octanol–water partition coefficient (Wildman–Crippen LogP) is 4.25. The van der Waals surface area contributed by atoms with Gasteiger partial charge in [0.15, 0.2) is 9.84 Å². The largest absolute Gasteiger partial charge is 0.496 e. The summed E-state index contributed by atoms with van der Waals surface area (Å²) in [4.78, 5) is 15.2. The van der Waals surface area contributed by atoms with E-state index in [9.17, 15) is 13.2 Å². The Balaban J connectivity index is 1.48. The fraction of sp³-hybridized carbons (Fsp3) is 0.320. The number of nitrogens with zero attached hydrogens (tertiary/aromatic N) is 1. The Morgan fingerprint density at radius 1 is 1.03 bits per heavy atom. The van der Waals surface area contributed by atoms with Crippen molar-refractivity contribution in [2.24, 2.45) is 0 Å². The fourth-order valence-electron chi connectivity index (χ4n) is 4.46. The van der Waals surface area contributed by atoms with Gasteiger partial charge in [0.05, 0.1) is 17.8 Å². The lowest BCUT2D eigenvalue weighted by Crippen LogP contribution is -2.39. The molecule has 0 aromatic heterocycles. The fourth-order valence-corrected chi connectivity index (χ4v) is 6.07. The molecule has 1 atom stereocenters. The molecule has 0 N–H and O–H groups in total. The number of fused-ring (bicyclic) bond motifs is 1. The minimum atomic E-state index is -3.43. The van der Waals surface area contributed by atoms with Crippen LogP contribution in [0.2, 0.25) is 0 Å². The Labute approximate surface area is 183 Å². The lowest BCUT2D eigenvalue weighted by Gasteiger charge is -2.25. The summed E-state index contributed by atoms with van der Waals surface area (Å²) in [6.07, 6.45) is 2.43. The number of hydrogen-bond acceptors (Lipinski definition) is 4. The Bertz CT molecular complexity index is 1170. The maximum Gasteiger partial charge on any atom is 0.223 e. The molecule has 0 radical (unpaired) electrons. The monoisotopic (exact) mass is 437 g/mol. The van der Waals surface area contributed by atoms with Crippen LogP contribution < -0.4 is 4.74 Å². The molecule has 0 aliphatic carbocycles. The molecule has 162 valence electrons. The number of rotatable bonds is 7. The van der Waals surface area contributed by atoms with E-state index >= 15 is 0 Å². The van der Waals surface area contributed by atoms with E-state index in [1.54, 1.807) is 42.3 Å². The number of benzene rings is 3. The highest BCUT2D eigenvalue weighted by molar-refractivity contribution is 7.91. The lowest BCUT2D eigenvalue weighted by molar-refractivity contribution is -0.131. The van der Waals surface area contributed by atoms with Gasteiger partial charge in [-0.1, -0.05) is 48.5 Å². The quantitative estimate of drug-likeness (QED) is 0.554. The van der Waals surface area contributed by atoms with Crippen molar-refractivity contribution in [3.8, 4) is 5.75 Å². The van der Waals surface area contributed by atoms with E-state index in [-0.39, 0.29) is 17.7 Å². The van der Waals surface area contributed by atoms with Gasteiger partial charge in [0.1, 0.15) is 5.75 Å². The standard InChI is InChI=1S/C25H27NO4S/c1-30-24-15-13-19-8-5-6-12-22(19)23(24)14-16-25(27)26-17-7-9-20(26)18-31(28,29)21-10-3-2-4-11-21/h2-6,8,10-13,15,20H,7,9,14,16-18H2,1H3. The maximum absolute atomic E-state index is 13.1. The van der Waals surface area contributed by atoms with Crippen molar-refractivity contribution >= 4 is 26.5 Å². The topological polar surface area (TPSA) is 63.7 Å². The van der Waals surface area contributed by atoms with Crippen LogP contribution >= 0.6 is 0 Å². The molecule has 1 heterocycles. The molecule has 6 heteroatoms. The number of hydrogen-bond donors (Lipinski definition) is 0. The molecule has 4 rings (SSSR count). The summed E-state index contributed by atoms with van der Waals surface area (Å²) in [7, 11) is -1.79. The van der Waals surface area contributed by atoms with Crippen LogP contribution in [0.25, 0.3) is 10.8 Å². The van der Waals surface area contributed by atoms with Gasteiger partial charge in [-0.05, 0) is 48.2 Å². The van der Waals surface area contributed by atoms with Gasteiger partial charge in [-0.3, -0.25) is 4.79 Å². The molecule has 1 amide bonds. The molecule has 1 aliphatic heterocycles. The van der Waals surface area contributed by atoms with Crippen molar-refractivity contribution in [1.82, 2.24) is 4.90 Å². The van der Waals surface area contributed by atoms with Crippen LogP contribution in [0.1, 0.15) is 24.8 Å². The predicted molar refractivity (Wildman–Crippen MR) is 122 cm³/mol. The van der Waals surface area contributed by atoms with E-state index in [1.165, 1.54) is 0 Å². The van der Waals surface area contributed by atoms with Gasteiger partial charge in [0.2, 0.25) is 5.91 Å². The third kappa shape index (κ3) is 4.59. The van der Waals surface area contributed by atoms with Crippen LogP contribution in [0.4, 0.5) is 0 Å². The Hall–Kier alpha value is -2.86. The number of likely N-dealkylation sites (tertiary alicyclic amines) is 1. The van der Waals surface area contributed by atoms with Gasteiger partial charge in [-0.2, -0.15) is 0 Å². The molecule has 1 fully saturated rings. The van der Waals surface area contributed by atoms with E-state index in [1.807, 2.05) is 36.4 Å². The van der Waals surface area contributed by atoms with E-state index < -0.39 is 9.84 Å². The summed E-state index contributed by atoms with van der Waals surface area (Å²) in [5.74, 6) is 0.747.